The van der Waals surface area contributed by atoms with Crippen LogP contribution >= 0.6 is 0 Å². The molecule has 4 nitrogen and oxygen atoms in total. The maximum Gasteiger partial charge on any atom is 0.123 e. The van der Waals surface area contributed by atoms with Crippen molar-refractivity contribution in [3.63, 3.8) is 0 Å². The van der Waals surface area contributed by atoms with Crippen molar-refractivity contribution in [2.45, 2.75) is 31.9 Å². The summed E-state index contributed by atoms with van der Waals surface area (Å²) < 4.78 is 13.2. The molecule has 0 atom stereocenters. The van der Waals surface area contributed by atoms with Crippen molar-refractivity contribution in [1.29, 1.82) is 5.41 Å². The van der Waals surface area contributed by atoms with Crippen molar-refractivity contribution in [2.24, 2.45) is 5.73 Å². The van der Waals surface area contributed by atoms with E-state index in [1.165, 1.54) is 12.1 Å². The minimum Gasteiger partial charge on any atom is -0.390 e. The summed E-state index contributed by atoms with van der Waals surface area (Å²) in [5.41, 5.74) is 6.22. The molecule has 1 heterocycles. The Kier molecular flexibility index (Phi) is 3.87. The second-order valence-electron chi connectivity index (χ2n) is 5.49. The maximum absolute atomic E-state index is 13.2. The second kappa shape index (κ2) is 5.27. The van der Waals surface area contributed by atoms with Gasteiger partial charge in [0.25, 0.3) is 0 Å². The third-order valence-electron chi connectivity index (χ3n) is 3.69. The first kappa shape index (κ1) is 14.0. The highest BCUT2D eigenvalue weighted by Gasteiger charge is 2.27. The smallest absolute Gasteiger partial charge is 0.123 e. The van der Waals surface area contributed by atoms with E-state index >= 15 is 0 Å². The molecule has 1 aromatic carbocycles. The van der Waals surface area contributed by atoms with Crippen molar-refractivity contribution in [3.05, 3.63) is 35.1 Å². The summed E-state index contributed by atoms with van der Waals surface area (Å²) >= 11 is 0. The van der Waals surface area contributed by atoms with Gasteiger partial charge in [-0.3, -0.25) is 10.3 Å². The van der Waals surface area contributed by atoms with E-state index in [0.29, 0.717) is 12.1 Å². The van der Waals surface area contributed by atoms with E-state index in [4.69, 9.17) is 11.1 Å². The van der Waals surface area contributed by atoms with Gasteiger partial charge in [0.2, 0.25) is 0 Å². The van der Waals surface area contributed by atoms with Crippen molar-refractivity contribution in [3.8, 4) is 0 Å². The third kappa shape index (κ3) is 3.52. The fraction of sp³-hybridized carbons (Fsp3) is 0.500. The van der Waals surface area contributed by atoms with Gasteiger partial charge in [-0.15, -0.1) is 0 Å². The molecule has 0 aromatic heterocycles. The number of rotatable bonds is 3. The highest BCUT2D eigenvalue weighted by molar-refractivity contribution is 5.96. The van der Waals surface area contributed by atoms with E-state index < -0.39 is 5.60 Å². The van der Waals surface area contributed by atoms with E-state index in [2.05, 4.69) is 4.90 Å². The van der Waals surface area contributed by atoms with Gasteiger partial charge in [-0.25, -0.2) is 4.39 Å². The van der Waals surface area contributed by atoms with Gasteiger partial charge in [-0.1, -0.05) is 6.07 Å². The van der Waals surface area contributed by atoms with E-state index in [1.54, 1.807) is 6.07 Å². The van der Waals surface area contributed by atoms with Crippen LogP contribution in [-0.4, -0.2) is 34.5 Å². The number of aliphatic hydroxyl groups is 1. The van der Waals surface area contributed by atoms with Crippen LogP contribution in [0, 0.1) is 11.2 Å². The third-order valence-corrected chi connectivity index (χ3v) is 3.69. The summed E-state index contributed by atoms with van der Waals surface area (Å²) in [6.07, 6.45) is 1.45. The molecule has 0 amide bonds. The highest BCUT2D eigenvalue weighted by atomic mass is 19.1. The van der Waals surface area contributed by atoms with Gasteiger partial charge in [0, 0.05) is 25.2 Å². The van der Waals surface area contributed by atoms with Crippen LogP contribution in [-0.2, 0) is 6.54 Å². The van der Waals surface area contributed by atoms with Crippen molar-refractivity contribution >= 4 is 5.84 Å². The number of benzene rings is 1. The molecule has 0 aliphatic carbocycles. The molecule has 4 N–H and O–H groups in total. The van der Waals surface area contributed by atoms with Crippen LogP contribution in [0.4, 0.5) is 4.39 Å². The maximum atomic E-state index is 13.2. The Labute approximate surface area is 112 Å². The van der Waals surface area contributed by atoms with E-state index in [1.807, 2.05) is 6.92 Å². The fourth-order valence-electron chi connectivity index (χ4n) is 2.37. The quantitative estimate of drug-likeness (QED) is 0.572. The fourth-order valence-corrected chi connectivity index (χ4v) is 2.37. The average Bonchev–Trinajstić information content (AvgIpc) is 2.33. The van der Waals surface area contributed by atoms with Gasteiger partial charge in [0.1, 0.15) is 11.7 Å². The molecule has 0 saturated carbocycles. The number of likely N-dealkylation sites (tertiary alicyclic amines) is 1. The number of nitrogens with two attached hydrogens (primary N) is 1. The van der Waals surface area contributed by atoms with Crippen LogP contribution in [0.15, 0.2) is 18.2 Å². The van der Waals surface area contributed by atoms with Crippen LogP contribution in [0.3, 0.4) is 0 Å². The molecule has 5 heteroatoms. The predicted octanol–water partition coefficient (Wildman–Crippen LogP) is 1.46. The Balaban J connectivity index is 2.10. The molecule has 1 aliphatic rings. The lowest BCUT2D eigenvalue weighted by Gasteiger charge is -2.36. The lowest BCUT2D eigenvalue weighted by molar-refractivity contribution is -0.00731. The Morgan fingerprint density at radius 3 is 2.68 bits per heavy atom. The van der Waals surface area contributed by atoms with Crippen LogP contribution in [0.25, 0.3) is 0 Å². The van der Waals surface area contributed by atoms with Gasteiger partial charge < -0.3 is 10.8 Å². The molecular weight excluding hydrogens is 245 g/mol. The molecule has 1 aliphatic heterocycles. The van der Waals surface area contributed by atoms with Crippen LogP contribution < -0.4 is 5.73 Å². The lowest BCUT2D eigenvalue weighted by atomic mass is 9.93. The summed E-state index contributed by atoms with van der Waals surface area (Å²) in [7, 11) is 0. The minimum atomic E-state index is -0.581. The number of hydrogen-bond acceptors (Lipinski definition) is 3. The number of hydrogen-bond donors (Lipinski definition) is 3. The first-order valence-electron chi connectivity index (χ1n) is 6.45. The minimum absolute atomic E-state index is 0.112. The Morgan fingerprint density at radius 2 is 2.11 bits per heavy atom. The van der Waals surface area contributed by atoms with Gasteiger partial charge in [0.05, 0.1) is 5.60 Å². The number of nitrogen functional groups attached to an aromatic ring is 1. The molecular formula is C14H20FN3O. The van der Waals surface area contributed by atoms with Crippen molar-refractivity contribution in [1.82, 2.24) is 4.90 Å². The predicted molar refractivity (Wildman–Crippen MR) is 72.6 cm³/mol. The number of nitrogens with one attached hydrogen (secondary N) is 1. The normalized spacial score (nSPS) is 19.3. The Morgan fingerprint density at radius 1 is 1.47 bits per heavy atom. The zero-order valence-corrected chi connectivity index (χ0v) is 11.1. The van der Waals surface area contributed by atoms with Gasteiger partial charge in [-0.05, 0) is 37.5 Å². The van der Waals surface area contributed by atoms with Crippen LogP contribution in [0.5, 0.6) is 0 Å². The lowest BCUT2D eigenvalue weighted by Crippen LogP contribution is -2.42. The van der Waals surface area contributed by atoms with Crippen molar-refractivity contribution in [2.75, 3.05) is 13.1 Å². The summed E-state index contributed by atoms with van der Waals surface area (Å²) in [5.74, 6) is -0.492. The Hall–Kier alpha value is -1.46. The first-order chi connectivity index (χ1) is 8.87. The number of nitrogens with zero attached hydrogens (tertiary/aromatic N) is 1. The van der Waals surface area contributed by atoms with Gasteiger partial charge in [-0.2, -0.15) is 0 Å². The van der Waals surface area contributed by atoms with E-state index in [-0.39, 0.29) is 11.7 Å². The Bertz CT molecular complexity index is 478. The van der Waals surface area contributed by atoms with Crippen molar-refractivity contribution < 1.29 is 9.50 Å². The molecule has 19 heavy (non-hydrogen) atoms. The summed E-state index contributed by atoms with van der Waals surface area (Å²) in [6.45, 7) is 4.07. The number of piperidine rings is 1. The number of halogens is 1. The molecule has 104 valence electrons. The molecule has 1 saturated heterocycles. The molecule has 1 aromatic rings. The SMILES string of the molecule is CC1(O)CCN(Cc2ccc(F)cc2C(=N)N)CC1. The van der Waals surface area contributed by atoms with Crippen LogP contribution in [0.2, 0.25) is 0 Å². The number of amidine groups is 1. The second-order valence-corrected chi connectivity index (χ2v) is 5.49. The van der Waals surface area contributed by atoms with Gasteiger partial charge in [0.15, 0.2) is 0 Å². The first-order valence-corrected chi connectivity index (χ1v) is 6.45. The molecule has 2 rings (SSSR count). The van der Waals surface area contributed by atoms with E-state index in [9.17, 15) is 9.50 Å². The molecule has 0 radical (unpaired) electrons. The standard InChI is InChI=1S/C14H20FN3O/c1-14(19)4-6-18(7-5-14)9-10-2-3-11(15)8-12(10)13(16)17/h2-3,8,19H,4-7,9H2,1H3,(H3,16,17). The molecule has 1 fully saturated rings. The average molecular weight is 265 g/mol. The molecule has 0 bridgehead atoms. The largest absolute Gasteiger partial charge is 0.390 e. The van der Waals surface area contributed by atoms with E-state index in [0.717, 1.165) is 31.5 Å². The zero-order valence-electron chi connectivity index (χ0n) is 11.1. The molecule has 0 spiro atoms. The highest BCUT2D eigenvalue weighted by Crippen LogP contribution is 2.23. The summed E-state index contributed by atoms with van der Waals surface area (Å²) in [4.78, 5) is 2.19. The van der Waals surface area contributed by atoms with Gasteiger partial charge >= 0.3 is 0 Å². The zero-order chi connectivity index (χ0) is 14.0. The monoisotopic (exact) mass is 265 g/mol. The topological polar surface area (TPSA) is 73.3 Å². The molecule has 0 unspecified atom stereocenters. The summed E-state index contributed by atoms with van der Waals surface area (Å²) in [6, 6.07) is 4.37. The summed E-state index contributed by atoms with van der Waals surface area (Å²) in [5, 5.41) is 17.4. The van der Waals surface area contributed by atoms with Crippen LogP contribution in [0.1, 0.15) is 30.9 Å².